The minimum Gasteiger partial charge on any atom is -0.370 e. The molecule has 0 fully saturated rings. The molecular formula is C12H22N4. The number of nitrogens with zero attached hydrogens (tertiary/aromatic N) is 2. The van der Waals surface area contributed by atoms with Crippen LogP contribution in [0.4, 0.5) is 11.6 Å². The van der Waals surface area contributed by atoms with Gasteiger partial charge in [0.2, 0.25) is 0 Å². The number of rotatable bonds is 5. The van der Waals surface area contributed by atoms with Gasteiger partial charge in [0.25, 0.3) is 0 Å². The second-order valence-corrected chi connectivity index (χ2v) is 4.94. The van der Waals surface area contributed by atoms with Crippen molar-refractivity contribution in [2.75, 3.05) is 17.2 Å². The zero-order valence-electron chi connectivity index (χ0n) is 10.7. The van der Waals surface area contributed by atoms with E-state index in [2.05, 4.69) is 48.3 Å². The lowest BCUT2D eigenvalue weighted by atomic mass is 10.1. The fraction of sp³-hybridized carbons (Fsp3) is 0.667. The van der Waals surface area contributed by atoms with Crippen LogP contribution >= 0.6 is 0 Å². The molecule has 0 spiro atoms. The van der Waals surface area contributed by atoms with Gasteiger partial charge in [0.1, 0.15) is 18.0 Å². The van der Waals surface area contributed by atoms with Crippen LogP contribution in [0, 0.1) is 0 Å². The molecule has 0 bridgehead atoms. The Balaban J connectivity index is 2.57. The molecule has 4 heteroatoms. The predicted octanol–water partition coefficient (Wildman–Crippen LogP) is 2.90. The monoisotopic (exact) mass is 222 g/mol. The van der Waals surface area contributed by atoms with E-state index in [1.54, 1.807) is 6.33 Å². The van der Waals surface area contributed by atoms with Gasteiger partial charge in [-0.15, -0.1) is 0 Å². The lowest BCUT2D eigenvalue weighted by Gasteiger charge is -2.21. The number of nitrogens with one attached hydrogen (secondary N) is 2. The zero-order valence-corrected chi connectivity index (χ0v) is 10.7. The predicted molar refractivity (Wildman–Crippen MR) is 68.8 cm³/mol. The highest BCUT2D eigenvalue weighted by Gasteiger charge is 2.10. The third kappa shape index (κ3) is 4.96. The Morgan fingerprint density at radius 3 is 2.50 bits per heavy atom. The molecule has 0 radical (unpaired) electrons. The molecule has 0 aliphatic rings. The summed E-state index contributed by atoms with van der Waals surface area (Å²) in [6.45, 7) is 9.47. The van der Waals surface area contributed by atoms with E-state index in [9.17, 15) is 0 Å². The first kappa shape index (κ1) is 12.7. The maximum Gasteiger partial charge on any atom is 0.131 e. The summed E-state index contributed by atoms with van der Waals surface area (Å²) < 4.78 is 0. The van der Waals surface area contributed by atoms with Crippen LogP contribution in [0.3, 0.4) is 0 Å². The molecule has 1 rings (SSSR count). The topological polar surface area (TPSA) is 49.8 Å². The summed E-state index contributed by atoms with van der Waals surface area (Å²) in [7, 11) is 0. The molecule has 0 aliphatic carbocycles. The first-order valence-electron chi connectivity index (χ1n) is 5.85. The van der Waals surface area contributed by atoms with Crippen molar-refractivity contribution >= 4 is 11.6 Å². The summed E-state index contributed by atoms with van der Waals surface area (Å²) in [5.74, 6) is 1.75. The van der Waals surface area contributed by atoms with E-state index in [-0.39, 0.29) is 5.54 Å². The molecule has 0 aromatic carbocycles. The first-order valence-corrected chi connectivity index (χ1v) is 5.85. The lowest BCUT2D eigenvalue weighted by molar-refractivity contribution is 0.630. The average Bonchev–Trinajstić information content (AvgIpc) is 2.16. The normalized spacial score (nSPS) is 11.2. The Hall–Kier alpha value is -1.32. The van der Waals surface area contributed by atoms with Gasteiger partial charge in [0.15, 0.2) is 0 Å². The Bertz CT molecular complexity index is 317. The molecule has 0 atom stereocenters. The van der Waals surface area contributed by atoms with Crippen molar-refractivity contribution in [2.24, 2.45) is 0 Å². The summed E-state index contributed by atoms with van der Waals surface area (Å²) >= 11 is 0. The summed E-state index contributed by atoms with van der Waals surface area (Å²) in [5, 5.41) is 6.60. The Kier molecular flexibility index (Phi) is 4.52. The van der Waals surface area contributed by atoms with E-state index in [0.717, 1.165) is 24.6 Å². The Morgan fingerprint density at radius 1 is 1.19 bits per heavy atom. The number of anilines is 2. The van der Waals surface area contributed by atoms with Crippen LogP contribution in [0.5, 0.6) is 0 Å². The van der Waals surface area contributed by atoms with Crippen LogP contribution in [0.2, 0.25) is 0 Å². The smallest absolute Gasteiger partial charge is 0.131 e. The molecule has 1 heterocycles. The van der Waals surface area contributed by atoms with E-state index >= 15 is 0 Å². The van der Waals surface area contributed by atoms with Gasteiger partial charge in [-0.2, -0.15) is 0 Å². The number of hydrogen-bond acceptors (Lipinski definition) is 4. The van der Waals surface area contributed by atoms with Gasteiger partial charge in [-0.05, 0) is 27.2 Å². The number of aromatic nitrogens is 2. The fourth-order valence-electron chi connectivity index (χ4n) is 1.30. The van der Waals surface area contributed by atoms with Crippen LogP contribution in [-0.2, 0) is 0 Å². The van der Waals surface area contributed by atoms with E-state index < -0.39 is 0 Å². The van der Waals surface area contributed by atoms with E-state index in [1.165, 1.54) is 6.42 Å². The molecule has 1 aromatic heterocycles. The fourth-order valence-corrected chi connectivity index (χ4v) is 1.30. The van der Waals surface area contributed by atoms with Gasteiger partial charge in [-0.3, -0.25) is 0 Å². The minimum absolute atomic E-state index is 0.0229. The number of unbranched alkanes of at least 4 members (excludes halogenated alkanes) is 1. The van der Waals surface area contributed by atoms with Crippen LogP contribution in [0.1, 0.15) is 40.5 Å². The van der Waals surface area contributed by atoms with Gasteiger partial charge < -0.3 is 10.6 Å². The van der Waals surface area contributed by atoms with Crippen LogP contribution in [-0.4, -0.2) is 22.1 Å². The van der Waals surface area contributed by atoms with E-state index in [0.29, 0.717) is 0 Å². The van der Waals surface area contributed by atoms with Crippen molar-refractivity contribution < 1.29 is 0 Å². The molecule has 0 saturated heterocycles. The molecule has 0 amide bonds. The summed E-state index contributed by atoms with van der Waals surface area (Å²) in [5.41, 5.74) is 0.0229. The van der Waals surface area contributed by atoms with Crippen LogP contribution < -0.4 is 10.6 Å². The van der Waals surface area contributed by atoms with Crippen molar-refractivity contribution in [2.45, 2.75) is 46.1 Å². The highest BCUT2D eigenvalue weighted by Crippen LogP contribution is 2.14. The van der Waals surface area contributed by atoms with Gasteiger partial charge in [0.05, 0.1) is 0 Å². The largest absolute Gasteiger partial charge is 0.370 e. The highest BCUT2D eigenvalue weighted by atomic mass is 15.1. The molecule has 16 heavy (non-hydrogen) atoms. The van der Waals surface area contributed by atoms with Gasteiger partial charge in [-0.1, -0.05) is 13.3 Å². The second kappa shape index (κ2) is 5.68. The highest BCUT2D eigenvalue weighted by molar-refractivity contribution is 5.47. The molecule has 90 valence electrons. The Labute approximate surface area is 97.9 Å². The third-order valence-electron chi connectivity index (χ3n) is 2.01. The molecule has 0 aliphatic heterocycles. The lowest BCUT2D eigenvalue weighted by Crippen LogP contribution is -2.26. The van der Waals surface area contributed by atoms with E-state index in [1.807, 2.05) is 6.07 Å². The molecule has 0 saturated carbocycles. The average molecular weight is 222 g/mol. The van der Waals surface area contributed by atoms with E-state index in [4.69, 9.17) is 0 Å². The van der Waals surface area contributed by atoms with Gasteiger partial charge >= 0.3 is 0 Å². The van der Waals surface area contributed by atoms with Crippen molar-refractivity contribution in [1.82, 2.24) is 9.97 Å². The van der Waals surface area contributed by atoms with Crippen molar-refractivity contribution in [1.29, 1.82) is 0 Å². The van der Waals surface area contributed by atoms with Crippen molar-refractivity contribution in [3.05, 3.63) is 12.4 Å². The van der Waals surface area contributed by atoms with Crippen molar-refractivity contribution in [3.63, 3.8) is 0 Å². The number of hydrogen-bond donors (Lipinski definition) is 2. The summed E-state index contributed by atoms with van der Waals surface area (Å²) in [4.78, 5) is 8.37. The minimum atomic E-state index is 0.0229. The van der Waals surface area contributed by atoms with Crippen LogP contribution in [0.25, 0.3) is 0 Å². The summed E-state index contributed by atoms with van der Waals surface area (Å²) in [6, 6.07) is 1.95. The van der Waals surface area contributed by atoms with Gasteiger partial charge in [-0.25, -0.2) is 9.97 Å². The third-order valence-corrected chi connectivity index (χ3v) is 2.01. The SMILES string of the molecule is CCCCNc1cc(NC(C)(C)C)ncn1. The van der Waals surface area contributed by atoms with Crippen LogP contribution in [0.15, 0.2) is 12.4 Å². The van der Waals surface area contributed by atoms with Gasteiger partial charge in [0, 0.05) is 18.2 Å². The molecule has 2 N–H and O–H groups in total. The first-order chi connectivity index (χ1) is 7.51. The maximum absolute atomic E-state index is 4.19. The van der Waals surface area contributed by atoms with Crippen molar-refractivity contribution in [3.8, 4) is 0 Å². The molecular weight excluding hydrogens is 200 g/mol. The standard InChI is InChI=1S/C12H22N4/c1-5-6-7-13-10-8-11(15-9-14-10)16-12(2,3)4/h8-9H,5-7H2,1-4H3,(H2,13,14,15,16). The maximum atomic E-state index is 4.19. The molecule has 1 aromatic rings. The quantitative estimate of drug-likeness (QED) is 0.752. The second-order valence-electron chi connectivity index (χ2n) is 4.94. The zero-order chi connectivity index (χ0) is 12.0. The summed E-state index contributed by atoms with van der Waals surface area (Å²) in [6.07, 6.45) is 3.93. The Morgan fingerprint density at radius 2 is 1.88 bits per heavy atom. The molecule has 4 nitrogen and oxygen atoms in total. The molecule has 0 unspecified atom stereocenters.